The average molecular weight is 315 g/mol. The molecule has 1 aromatic carbocycles. The fourth-order valence-corrected chi connectivity index (χ4v) is 3.73. The molecule has 21 heavy (non-hydrogen) atoms. The fraction of sp³-hybridized carbons (Fsp3) is 0.571. The maximum absolute atomic E-state index is 12.3. The highest BCUT2D eigenvalue weighted by Crippen LogP contribution is 2.25. The van der Waals surface area contributed by atoms with Crippen molar-refractivity contribution in [3.63, 3.8) is 0 Å². The maximum Gasteiger partial charge on any atom is 0.235 e. The fourth-order valence-electron chi connectivity index (χ4n) is 2.30. The van der Waals surface area contributed by atoms with Gasteiger partial charge in [-0.15, -0.1) is 0 Å². The molecule has 1 fully saturated rings. The van der Waals surface area contributed by atoms with Crippen LogP contribution in [0.1, 0.15) is 25.3 Å². The van der Waals surface area contributed by atoms with E-state index >= 15 is 0 Å². The van der Waals surface area contributed by atoms with Crippen LogP contribution in [0.3, 0.4) is 0 Å². The molecule has 0 unspecified atom stereocenters. The van der Waals surface area contributed by atoms with E-state index in [4.69, 9.17) is 9.47 Å². The number of benzene rings is 1. The Bertz CT molecular complexity index is 567. The van der Waals surface area contributed by atoms with Crippen molar-refractivity contribution in [3.8, 4) is 5.75 Å². The lowest BCUT2D eigenvalue weighted by molar-refractivity contribution is 0.0984. The number of rotatable bonds is 6. The Morgan fingerprint density at radius 1 is 1.38 bits per heavy atom. The molecule has 0 saturated carbocycles. The molecule has 1 aliphatic rings. The van der Waals surface area contributed by atoms with Gasteiger partial charge < -0.3 is 14.6 Å². The number of hydrogen-bond acceptors (Lipinski definition) is 5. The molecule has 0 aliphatic carbocycles. The summed E-state index contributed by atoms with van der Waals surface area (Å²) in [5, 5.41) is 8.91. The molecule has 0 amide bonds. The highest BCUT2D eigenvalue weighted by Gasteiger charge is 2.27. The second-order valence-corrected chi connectivity index (χ2v) is 6.83. The first-order valence-corrected chi connectivity index (χ1v) is 8.57. The van der Waals surface area contributed by atoms with E-state index in [1.165, 1.54) is 0 Å². The van der Waals surface area contributed by atoms with E-state index < -0.39 is 15.3 Å². The van der Waals surface area contributed by atoms with Crippen molar-refractivity contribution in [1.29, 1.82) is 0 Å². The summed E-state index contributed by atoms with van der Waals surface area (Å²) in [6.45, 7) is 3.07. The van der Waals surface area contributed by atoms with Gasteiger partial charge in [-0.2, -0.15) is 0 Å². The summed E-state index contributed by atoms with van der Waals surface area (Å²) in [7, 11) is -3.44. The highest BCUT2D eigenvalue weighted by molar-refractivity contribution is 7.93. The Hall–Kier alpha value is -1.31. The summed E-state index contributed by atoms with van der Waals surface area (Å²) in [4.78, 5) is 0. The summed E-state index contributed by atoms with van der Waals surface area (Å²) < 4.78 is 37.7. The zero-order valence-electron chi connectivity index (χ0n) is 12.0. The SMILES string of the molecule is CCOc1ccc(NS(=O)(=O)C2CCOCC2)cc1CO. The molecule has 7 heteroatoms. The predicted octanol–water partition coefficient (Wildman–Crippen LogP) is 1.50. The first-order chi connectivity index (χ1) is 10.1. The van der Waals surface area contributed by atoms with Gasteiger partial charge in [-0.1, -0.05) is 0 Å². The van der Waals surface area contributed by atoms with Gasteiger partial charge in [0.25, 0.3) is 0 Å². The van der Waals surface area contributed by atoms with Gasteiger partial charge in [0.1, 0.15) is 5.75 Å². The van der Waals surface area contributed by atoms with Crippen LogP contribution in [0.4, 0.5) is 5.69 Å². The summed E-state index contributed by atoms with van der Waals surface area (Å²) in [5.74, 6) is 0.564. The van der Waals surface area contributed by atoms with Gasteiger partial charge in [-0.05, 0) is 38.0 Å². The molecule has 1 aromatic rings. The minimum absolute atomic E-state index is 0.206. The molecule has 0 aromatic heterocycles. The quantitative estimate of drug-likeness (QED) is 0.831. The van der Waals surface area contributed by atoms with Gasteiger partial charge in [-0.3, -0.25) is 4.72 Å². The summed E-state index contributed by atoms with van der Waals surface area (Å²) in [5.41, 5.74) is 0.998. The summed E-state index contributed by atoms with van der Waals surface area (Å²) >= 11 is 0. The Kier molecular flexibility index (Phi) is 5.44. The van der Waals surface area contributed by atoms with E-state index in [1.807, 2.05) is 6.92 Å². The first-order valence-electron chi connectivity index (χ1n) is 7.02. The number of aliphatic hydroxyl groups excluding tert-OH is 1. The Balaban J connectivity index is 2.14. The molecular weight excluding hydrogens is 294 g/mol. The molecule has 1 aliphatic heterocycles. The van der Waals surface area contributed by atoms with Crippen LogP contribution < -0.4 is 9.46 Å². The minimum Gasteiger partial charge on any atom is -0.494 e. The lowest BCUT2D eigenvalue weighted by Gasteiger charge is -2.23. The van der Waals surface area contributed by atoms with Crippen molar-refractivity contribution in [3.05, 3.63) is 23.8 Å². The molecule has 0 bridgehead atoms. The molecule has 1 saturated heterocycles. The van der Waals surface area contributed by atoms with Crippen LogP contribution in [0.15, 0.2) is 18.2 Å². The van der Waals surface area contributed by atoms with E-state index in [9.17, 15) is 13.5 Å². The molecule has 0 radical (unpaired) electrons. The zero-order valence-corrected chi connectivity index (χ0v) is 12.9. The molecule has 6 nitrogen and oxygen atoms in total. The third kappa shape index (κ3) is 4.09. The molecule has 1 heterocycles. The van der Waals surface area contributed by atoms with Crippen LogP contribution >= 0.6 is 0 Å². The van der Waals surface area contributed by atoms with Crippen LogP contribution in [0.2, 0.25) is 0 Å². The first kappa shape index (κ1) is 16.1. The molecular formula is C14H21NO5S. The third-order valence-corrected chi connectivity index (χ3v) is 5.27. The number of anilines is 1. The number of nitrogens with one attached hydrogen (secondary N) is 1. The van der Waals surface area contributed by atoms with Crippen LogP contribution in [0.5, 0.6) is 5.75 Å². The van der Waals surface area contributed by atoms with Crippen LogP contribution in [0.25, 0.3) is 0 Å². The Morgan fingerprint density at radius 2 is 2.10 bits per heavy atom. The van der Waals surface area contributed by atoms with Gasteiger partial charge in [-0.25, -0.2) is 8.42 Å². The average Bonchev–Trinajstić information content (AvgIpc) is 2.49. The van der Waals surface area contributed by atoms with Gasteiger partial charge in [0.2, 0.25) is 10.0 Å². The Morgan fingerprint density at radius 3 is 2.71 bits per heavy atom. The van der Waals surface area contributed by atoms with Gasteiger partial charge in [0, 0.05) is 24.5 Å². The van der Waals surface area contributed by atoms with Crippen LogP contribution in [-0.4, -0.2) is 38.6 Å². The second kappa shape index (κ2) is 7.11. The van der Waals surface area contributed by atoms with Crippen LogP contribution in [0, 0.1) is 0 Å². The lowest BCUT2D eigenvalue weighted by Crippen LogP contribution is -2.33. The molecule has 118 valence electrons. The number of sulfonamides is 1. The third-order valence-electron chi connectivity index (χ3n) is 3.40. The molecule has 2 N–H and O–H groups in total. The van der Waals surface area contributed by atoms with E-state index in [1.54, 1.807) is 18.2 Å². The zero-order chi connectivity index (χ0) is 15.3. The van der Waals surface area contributed by atoms with Crippen molar-refractivity contribution in [2.45, 2.75) is 31.6 Å². The monoisotopic (exact) mass is 315 g/mol. The van der Waals surface area contributed by atoms with Crippen molar-refractivity contribution < 1.29 is 23.0 Å². The van der Waals surface area contributed by atoms with Gasteiger partial charge in [0.15, 0.2) is 0 Å². The second-order valence-electron chi connectivity index (χ2n) is 4.87. The predicted molar refractivity (Wildman–Crippen MR) is 79.9 cm³/mol. The minimum atomic E-state index is -3.44. The van der Waals surface area contributed by atoms with E-state index in [2.05, 4.69) is 4.72 Å². The largest absolute Gasteiger partial charge is 0.494 e. The normalized spacial score (nSPS) is 16.7. The van der Waals surface area contributed by atoms with Gasteiger partial charge >= 0.3 is 0 Å². The molecule has 0 atom stereocenters. The standard InChI is InChI=1S/C14H21NO5S/c1-2-20-14-4-3-12(9-11(14)10-16)15-21(17,18)13-5-7-19-8-6-13/h3-4,9,13,15-16H,2,5-8,10H2,1H3. The topological polar surface area (TPSA) is 84.9 Å². The van der Waals surface area contributed by atoms with Gasteiger partial charge in [0.05, 0.1) is 18.5 Å². The number of aliphatic hydroxyl groups is 1. The van der Waals surface area contributed by atoms with Crippen LogP contribution in [-0.2, 0) is 21.4 Å². The van der Waals surface area contributed by atoms with E-state index in [0.29, 0.717) is 49.7 Å². The van der Waals surface area contributed by atoms with E-state index in [-0.39, 0.29) is 6.61 Å². The smallest absolute Gasteiger partial charge is 0.235 e. The maximum atomic E-state index is 12.3. The summed E-state index contributed by atoms with van der Waals surface area (Å²) in [6.07, 6.45) is 0.998. The van der Waals surface area contributed by atoms with Crippen molar-refractivity contribution in [2.75, 3.05) is 24.5 Å². The molecule has 0 spiro atoms. The number of hydrogen-bond donors (Lipinski definition) is 2. The number of ether oxygens (including phenoxy) is 2. The Labute approximate surface area is 125 Å². The van der Waals surface area contributed by atoms with Crippen molar-refractivity contribution in [2.24, 2.45) is 0 Å². The van der Waals surface area contributed by atoms with E-state index in [0.717, 1.165) is 0 Å². The molecule has 2 rings (SSSR count). The van der Waals surface area contributed by atoms with Crippen molar-refractivity contribution >= 4 is 15.7 Å². The van der Waals surface area contributed by atoms with Crippen molar-refractivity contribution in [1.82, 2.24) is 0 Å². The summed E-state index contributed by atoms with van der Waals surface area (Å²) in [6, 6.07) is 4.90. The lowest BCUT2D eigenvalue weighted by atomic mass is 10.2. The highest BCUT2D eigenvalue weighted by atomic mass is 32.2.